The molecule has 2 aromatic rings. The Bertz CT molecular complexity index is 512. The van der Waals surface area contributed by atoms with Crippen molar-refractivity contribution in [3.63, 3.8) is 0 Å². The van der Waals surface area contributed by atoms with Crippen molar-refractivity contribution >= 4 is 11.7 Å². The minimum absolute atomic E-state index is 0.212. The van der Waals surface area contributed by atoms with Gasteiger partial charge < -0.3 is 14.7 Å². The molecule has 7 nitrogen and oxygen atoms in total. The molecule has 2 aromatic heterocycles. The number of urea groups is 1. The molecule has 0 saturated carbocycles. The van der Waals surface area contributed by atoms with E-state index in [0.29, 0.717) is 12.2 Å². The zero-order valence-electron chi connectivity index (χ0n) is 10.5. The lowest BCUT2D eigenvalue weighted by molar-refractivity contribution is 0.220. The van der Waals surface area contributed by atoms with E-state index in [1.54, 1.807) is 24.3 Å². The van der Waals surface area contributed by atoms with Crippen molar-refractivity contribution < 1.29 is 9.32 Å². The van der Waals surface area contributed by atoms with E-state index in [4.69, 9.17) is 4.52 Å². The number of H-pyrrole nitrogens is 1. The van der Waals surface area contributed by atoms with Gasteiger partial charge in [0, 0.05) is 18.8 Å². The molecule has 2 heterocycles. The van der Waals surface area contributed by atoms with E-state index in [1.807, 2.05) is 13.8 Å². The van der Waals surface area contributed by atoms with Crippen LogP contribution in [0.5, 0.6) is 0 Å². The smallest absolute Gasteiger partial charge is 0.321 e. The Morgan fingerprint density at radius 1 is 1.56 bits per heavy atom. The Hall–Kier alpha value is -2.31. The molecule has 0 aliphatic heterocycles. The highest BCUT2D eigenvalue weighted by Crippen LogP contribution is 2.14. The summed E-state index contributed by atoms with van der Waals surface area (Å²) in [5.41, 5.74) is 2.36. The van der Waals surface area contributed by atoms with E-state index in [0.717, 1.165) is 17.0 Å². The lowest BCUT2D eigenvalue weighted by Crippen LogP contribution is -2.31. The van der Waals surface area contributed by atoms with Gasteiger partial charge in [-0.25, -0.2) is 4.79 Å². The molecule has 0 atom stereocenters. The van der Waals surface area contributed by atoms with Crippen molar-refractivity contribution in [2.45, 2.75) is 20.4 Å². The summed E-state index contributed by atoms with van der Waals surface area (Å²) in [4.78, 5) is 13.4. The van der Waals surface area contributed by atoms with Gasteiger partial charge >= 0.3 is 6.03 Å². The number of carbonyl (C=O) groups excluding carboxylic acids is 1. The number of amides is 2. The number of anilines is 1. The molecule has 0 bridgehead atoms. The summed E-state index contributed by atoms with van der Waals surface area (Å²) in [6.07, 6.45) is 3.16. The topological polar surface area (TPSA) is 87.1 Å². The number of nitrogens with zero attached hydrogens (tertiary/aromatic N) is 3. The summed E-state index contributed by atoms with van der Waals surface area (Å²) in [5, 5.41) is 13.0. The number of rotatable bonds is 3. The molecule has 0 radical (unpaired) electrons. The molecular formula is C11H15N5O2. The number of aromatic nitrogens is 3. The van der Waals surface area contributed by atoms with Gasteiger partial charge in [0.1, 0.15) is 5.76 Å². The standard InChI is InChI=1S/C11H15N5O2/c1-7-10(8(2)18-15-7)6-16(3)11(17)14-9-4-12-13-5-9/h4-5H,6H2,1-3H3,(H,12,13)(H,14,17). The van der Waals surface area contributed by atoms with E-state index in [1.165, 1.54) is 0 Å². The molecule has 96 valence electrons. The van der Waals surface area contributed by atoms with Gasteiger partial charge in [0.15, 0.2) is 0 Å². The average Bonchev–Trinajstić information content (AvgIpc) is 2.94. The van der Waals surface area contributed by atoms with E-state index >= 15 is 0 Å². The molecule has 0 unspecified atom stereocenters. The zero-order chi connectivity index (χ0) is 13.1. The third kappa shape index (κ3) is 2.50. The van der Waals surface area contributed by atoms with Crippen molar-refractivity contribution in [2.24, 2.45) is 0 Å². The maximum absolute atomic E-state index is 11.9. The van der Waals surface area contributed by atoms with Crippen molar-refractivity contribution in [2.75, 3.05) is 12.4 Å². The molecule has 18 heavy (non-hydrogen) atoms. The van der Waals surface area contributed by atoms with Crippen LogP contribution in [0, 0.1) is 13.8 Å². The molecular weight excluding hydrogens is 234 g/mol. The van der Waals surface area contributed by atoms with Gasteiger partial charge in [0.2, 0.25) is 0 Å². The van der Waals surface area contributed by atoms with Crippen LogP contribution in [-0.4, -0.2) is 33.3 Å². The van der Waals surface area contributed by atoms with E-state index in [2.05, 4.69) is 20.7 Å². The fourth-order valence-electron chi connectivity index (χ4n) is 1.57. The van der Waals surface area contributed by atoms with Gasteiger partial charge in [-0.15, -0.1) is 0 Å². The van der Waals surface area contributed by atoms with Gasteiger partial charge in [0.05, 0.1) is 24.1 Å². The molecule has 2 rings (SSSR count). The molecule has 7 heteroatoms. The van der Waals surface area contributed by atoms with Crippen LogP contribution in [0.1, 0.15) is 17.0 Å². The molecule has 0 aliphatic carbocycles. The normalized spacial score (nSPS) is 10.4. The fraction of sp³-hybridized carbons (Fsp3) is 0.364. The Morgan fingerprint density at radius 2 is 2.33 bits per heavy atom. The first kappa shape index (κ1) is 12.2. The monoisotopic (exact) mass is 249 g/mol. The third-order valence-electron chi connectivity index (χ3n) is 2.67. The molecule has 0 spiro atoms. The lowest BCUT2D eigenvalue weighted by Gasteiger charge is -2.17. The predicted molar refractivity (Wildman–Crippen MR) is 65.1 cm³/mol. The Kier molecular flexibility index (Phi) is 3.31. The maximum atomic E-state index is 11.9. The third-order valence-corrected chi connectivity index (χ3v) is 2.67. The zero-order valence-corrected chi connectivity index (χ0v) is 10.5. The largest absolute Gasteiger partial charge is 0.361 e. The van der Waals surface area contributed by atoms with Crippen LogP contribution in [0.2, 0.25) is 0 Å². The number of hydrogen-bond donors (Lipinski definition) is 2. The van der Waals surface area contributed by atoms with Crippen LogP contribution in [-0.2, 0) is 6.54 Å². The summed E-state index contributed by atoms with van der Waals surface area (Å²) in [7, 11) is 1.71. The first-order valence-corrected chi connectivity index (χ1v) is 5.50. The van der Waals surface area contributed by atoms with Gasteiger partial charge in [-0.2, -0.15) is 5.10 Å². The Morgan fingerprint density at radius 3 is 2.89 bits per heavy atom. The summed E-state index contributed by atoms with van der Waals surface area (Å²) >= 11 is 0. The van der Waals surface area contributed by atoms with Crippen molar-refractivity contribution in [3.05, 3.63) is 29.4 Å². The molecule has 2 N–H and O–H groups in total. The van der Waals surface area contributed by atoms with Crippen molar-refractivity contribution in [1.29, 1.82) is 0 Å². The number of aryl methyl sites for hydroxylation is 2. The van der Waals surface area contributed by atoms with Crippen LogP contribution in [0.4, 0.5) is 10.5 Å². The van der Waals surface area contributed by atoms with E-state index in [9.17, 15) is 4.79 Å². The lowest BCUT2D eigenvalue weighted by atomic mass is 10.2. The van der Waals surface area contributed by atoms with Crippen molar-refractivity contribution in [3.8, 4) is 0 Å². The van der Waals surface area contributed by atoms with E-state index in [-0.39, 0.29) is 6.03 Å². The fourth-order valence-corrected chi connectivity index (χ4v) is 1.57. The SMILES string of the molecule is Cc1noc(C)c1CN(C)C(=O)Nc1cn[nH]c1. The number of hydrogen-bond acceptors (Lipinski definition) is 4. The van der Waals surface area contributed by atoms with Gasteiger partial charge in [-0.1, -0.05) is 5.16 Å². The summed E-state index contributed by atoms with van der Waals surface area (Å²) < 4.78 is 5.06. The minimum atomic E-state index is -0.212. The van der Waals surface area contributed by atoms with Crippen LogP contribution in [0.25, 0.3) is 0 Å². The second-order valence-corrected chi connectivity index (χ2v) is 4.08. The Labute approximate surface area is 104 Å². The average molecular weight is 249 g/mol. The van der Waals surface area contributed by atoms with Gasteiger partial charge in [-0.05, 0) is 13.8 Å². The van der Waals surface area contributed by atoms with E-state index < -0.39 is 0 Å². The van der Waals surface area contributed by atoms with Crippen LogP contribution in [0.3, 0.4) is 0 Å². The highest BCUT2D eigenvalue weighted by molar-refractivity contribution is 5.88. The number of nitrogens with one attached hydrogen (secondary N) is 2. The minimum Gasteiger partial charge on any atom is -0.361 e. The molecule has 0 fully saturated rings. The maximum Gasteiger partial charge on any atom is 0.321 e. The molecule has 0 aliphatic rings. The van der Waals surface area contributed by atoms with Crippen LogP contribution < -0.4 is 5.32 Å². The van der Waals surface area contributed by atoms with Crippen molar-refractivity contribution in [1.82, 2.24) is 20.3 Å². The van der Waals surface area contributed by atoms with Gasteiger partial charge in [-0.3, -0.25) is 5.10 Å². The first-order chi connectivity index (χ1) is 8.58. The van der Waals surface area contributed by atoms with Gasteiger partial charge in [0.25, 0.3) is 0 Å². The highest BCUT2D eigenvalue weighted by atomic mass is 16.5. The second kappa shape index (κ2) is 4.91. The number of aromatic amines is 1. The quantitative estimate of drug-likeness (QED) is 0.866. The first-order valence-electron chi connectivity index (χ1n) is 5.50. The molecule has 2 amide bonds. The summed E-state index contributed by atoms with van der Waals surface area (Å²) in [6, 6.07) is -0.212. The summed E-state index contributed by atoms with van der Waals surface area (Å²) in [6.45, 7) is 4.13. The molecule has 0 aromatic carbocycles. The number of carbonyl (C=O) groups is 1. The molecule has 0 saturated heterocycles. The van der Waals surface area contributed by atoms with Crippen LogP contribution in [0.15, 0.2) is 16.9 Å². The highest BCUT2D eigenvalue weighted by Gasteiger charge is 2.15. The Balaban J connectivity index is 1.99. The van der Waals surface area contributed by atoms with Crippen LogP contribution >= 0.6 is 0 Å². The predicted octanol–water partition coefficient (Wildman–Crippen LogP) is 1.68. The summed E-state index contributed by atoms with van der Waals surface area (Å²) in [5.74, 6) is 0.732. The second-order valence-electron chi connectivity index (χ2n) is 4.08.